The van der Waals surface area contributed by atoms with E-state index in [2.05, 4.69) is 10.3 Å². The first kappa shape index (κ1) is 22.8. The zero-order valence-electron chi connectivity index (χ0n) is 17.8. The van der Waals surface area contributed by atoms with Gasteiger partial charge in [-0.25, -0.2) is 9.78 Å². The van der Waals surface area contributed by atoms with Crippen molar-refractivity contribution in [3.05, 3.63) is 42.1 Å². The number of carbonyl (C=O) groups excluding carboxylic acids is 1. The Kier molecular flexibility index (Phi) is 7.34. The lowest BCUT2D eigenvalue weighted by Crippen LogP contribution is -2.30. The number of nitrogens with zero attached hydrogens (tertiary/aromatic N) is 2. The van der Waals surface area contributed by atoms with E-state index in [0.29, 0.717) is 43.2 Å². The van der Waals surface area contributed by atoms with Crippen molar-refractivity contribution in [2.75, 3.05) is 43.6 Å². The molecule has 0 aliphatic carbocycles. The second-order valence-electron chi connectivity index (χ2n) is 6.96. The van der Waals surface area contributed by atoms with Gasteiger partial charge in [-0.15, -0.1) is 0 Å². The number of methoxy groups -OCH3 is 1. The van der Waals surface area contributed by atoms with Gasteiger partial charge < -0.3 is 19.5 Å². The van der Waals surface area contributed by atoms with Crippen LogP contribution in [0.1, 0.15) is 18.9 Å². The summed E-state index contributed by atoms with van der Waals surface area (Å²) < 4.78 is 43.4. The molecule has 1 aromatic carbocycles. The van der Waals surface area contributed by atoms with Crippen molar-refractivity contribution < 1.29 is 27.4 Å². The van der Waals surface area contributed by atoms with Crippen LogP contribution in [0, 0.1) is 0 Å². The Morgan fingerprint density at radius 3 is 2.77 bits per heavy atom. The molecule has 1 aromatic heterocycles. The molecule has 0 spiro atoms. The number of fused-ring (bicyclic) bond motifs is 1. The Hall–Kier alpha value is -2.85. The third kappa shape index (κ3) is 5.08. The van der Waals surface area contributed by atoms with Crippen LogP contribution in [0.3, 0.4) is 0 Å². The van der Waals surface area contributed by atoms with Crippen LogP contribution in [0.5, 0.6) is 5.75 Å². The summed E-state index contributed by atoms with van der Waals surface area (Å²) in [6.07, 6.45) is 2.48. The smallest absolute Gasteiger partial charge is 0.328 e. The highest BCUT2D eigenvalue weighted by atomic mass is 32.2. The van der Waals surface area contributed by atoms with Crippen molar-refractivity contribution in [1.82, 2.24) is 4.98 Å². The van der Waals surface area contributed by atoms with Crippen LogP contribution in [0.2, 0.25) is 0 Å². The molecule has 1 atom stereocenters. The van der Waals surface area contributed by atoms with Crippen molar-refractivity contribution in [2.24, 2.45) is 0 Å². The minimum atomic E-state index is -3.92. The largest absolute Gasteiger partial charge is 0.493 e. The van der Waals surface area contributed by atoms with Crippen LogP contribution in [-0.2, 0) is 30.7 Å². The van der Waals surface area contributed by atoms with E-state index in [1.807, 2.05) is 6.07 Å². The normalized spacial score (nSPS) is 15.1. The molecular weight excluding hydrogens is 422 g/mol. The summed E-state index contributed by atoms with van der Waals surface area (Å²) in [6.45, 7) is 2.97. The van der Waals surface area contributed by atoms with E-state index < -0.39 is 16.1 Å². The molecule has 1 N–H and O–H groups in total. The molecule has 0 bridgehead atoms. The molecule has 0 amide bonds. The zero-order valence-corrected chi connectivity index (χ0v) is 18.6. The minimum Gasteiger partial charge on any atom is -0.493 e. The maximum atomic E-state index is 13.1. The van der Waals surface area contributed by atoms with E-state index >= 15 is 0 Å². The predicted molar refractivity (Wildman–Crippen MR) is 116 cm³/mol. The molecule has 10 heteroatoms. The van der Waals surface area contributed by atoms with E-state index in [4.69, 9.17) is 14.2 Å². The summed E-state index contributed by atoms with van der Waals surface area (Å²) >= 11 is 0. The first-order valence-electron chi connectivity index (χ1n) is 10.00. The van der Waals surface area contributed by atoms with Crippen molar-refractivity contribution in [1.29, 1.82) is 0 Å². The molecule has 31 heavy (non-hydrogen) atoms. The third-order valence-electron chi connectivity index (χ3n) is 4.85. The van der Waals surface area contributed by atoms with Gasteiger partial charge >= 0.3 is 5.97 Å². The Morgan fingerprint density at radius 2 is 2.10 bits per heavy atom. The van der Waals surface area contributed by atoms with Gasteiger partial charge in [0.05, 0.1) is 24.6 Å². The molecular formula is C21H27N3O6S. The first-order valence-corrected chi connectivity index (χ1v) is 11.4. The van der Waals surface area contributed by atoms with E-state index in [9.17, 15) is 13.2 Å². The van der Waals surface area contributed by atoms with Crippen LogP contribution >= 0.6 is 0 Å². The third-order valence-corrected chi connectivity index (χ3v) is 6.54. The highest BCUT2D eigenvalue weighted by Gasteiger charge is 2.34. The van der Waals surface area contributed by atoms with Gasteiger partial charge in [-0.1, -0.05) is 6.07 Å². The second kappa shape index (κ2) is 9.97. The monoisotopic (exact) mass is 449 g/mol. The molecule has 1 aliphatic rings. The summed E-state index contributed by atoms with van der Waals surface area (Å²) in [5.74, 6) is 0.127. The maximum absolute atomic E-state index is 13.1. The number of carbonyl (C=O) groups is 1. The topological polar surface area (TPSA) is 107 Å². The molecule has 9 nitrogen and oxygen atoms in total. The standard InChI is InChI=1S/C21H27N3O6S/c1-4-29-21(25)17-13-15-12-16(30-11-7-10-28-3)14-18(20(15)23-17)24(2)31(26,27)19-8-5-6-9-22-19/h5-6,8-9,12,14,17,23H,4,7,10-11,13H2,1-3H3. The zero-order chi connectivity index (χ0) is 22.4. The van der Waals surface area contributed by atoms with Gasteiger partial charge in [-0.2, -0.15) is 8.42 Å². The summed E-state index contributed by atoms with van der Waals surface area (Å²) in [6, 6.07) is 7.57. The Labute approximate surface area is 182 Å². The van der Waals surface area contributed by atoms with Crippen LogP contribution < -0.4 is 14.4 Å². The number of ether oxygens (including phenoxy) is 3. The fourth-order valence-electron chi connectivity index (χ4n) is 3.31. The molecule has 2 heterocycles. The van der Waals surface area contributed by atoms with Crippen LogP contribution in [0.4, 0.5) is 11.4 Å². The summed E-state index contributed by atoms with van der Waals surface area (Å²) in [4.78, 5) is 16.3. The molecule has 2 aromatic rings. The summed E-state index contributed by atoms with van der Waals surface area (Å²) in [5.41, 5.74) is 1.71. The molecule has 0 fully saturated rings. The van der Waals surface area contributed by atoms with E-state index in [-0.39, 0.29) is 17.6 Å². The lowest BCUT2D eigenvalue weighted by molar-refractivity contribution is -0.143. The number of pyridine rings is 1. The molecule has 3 rings (SSSR count). The number of nitrogens with one attached hydrogen (secondary N) is 1. The first-order chi connectivity index (χ1) is 14.9. The Bertz CT molecular complexity index is 1010. The minimum absolute atomic E-state index is 0.0717. The number of aromatic nitrogens is 1. The molecule has 168 valence electrons. The lowest BCUT2D eigenvalue weighted by Gasteiger charge is -2.23. The van der Waals surface area contributed by atoms with Crippen molar-refractivity contribution in [3.8, 4) is 5.75 Å². The Balaban J connectivity index is 1.96. The van der Waals surface area contributed by atoms with E-state index in [1.165, 1.54) is 19.3 Å². The number of hydrogen-bond donors (Lipinski definition) is 1. The van der Waals surface area contributed by atoms with Crippen LogP contribution in [0.25, 0.3) is 0 Å². The maximum Gasteiger partial charge on any atom is 0.328 e. The fraction of sp³-hybridized carbons (Fsp3) is 0.429. The average molecular weight is 450 g/mol. The summed E-state index contributed by atoms with van der Waals surface area (Å²) in [7, 11) is -0.848. The number of hydrogen-bond acceptors (Lipinski definition) is 8. The lowest BCUT2D eigenvalue weighted by atomic mass is 10.1. The van der Waals surface area contributed by atoms with Crippen LogP contribution in [-0.4, -0.2) is 59.4 Å². The summed E-state index contributed by atoms with van der Waals surface area (Å²) in [5, 5.41) is 3.05. The average Bonchev–Trinajstić information content (AvgIpc) is 3.21. The highest BCUT2D eigenvalue weighted by Crippen LogP contribution is 2.40. The predicted octanol–water partition coefficient (Wildman–Crippen LogP) is 2.22. The van der Waals surface area contributed by atoms with Crippen LogP contribution in [0.15, 0.2) is 41.6 Å². The SMILES string of the molecule is CCOC(=O)C1Cc2cc(OCCCOC)cc(N(C)S(=O)(=O)c3ccccn3)c2N1. The quantitative estimate of drug-likeness (QED) is 0.435. The van der Waals surface area contributed by atoms with Crippen molar-refractivity contribution in [3.63, 3.8) is 0 Å². The van der Waals surface area contributed by atoms with Gasteiger partial charge in [0, 0.05) is 45.9 Å². The van der Waals surface area contributed by atoms with Gasteiger partial charge in [-0.05, 0) is 30.7 Å². The molecule has 0 saturated heterocycles. The molecule has 1 aliphatic heterocycles. The van der Waals surface area contributed by atoms with Gasteiger partial charge in [0.15, 0.2) is 5.03 Å². The van der Waals surface area contributed by atoms with E-state index in [0.717, 1.165) is 9.87 Å². The van der Waals surface area contributed by atoms with Crippen molar-refractivity contribution in [2.45, 2.75) is 30.8 Å². The van der Waals surface area contributed by atoms with E-state index in [1.54, 1.807) is 32.2 Å². The molecule has 0 radical (unpaired) electrons. The van der Waals surface area contributed by atoms with Gasteiger partial charge in [0.1, 0.15) is 11.8 Å². The van der Waals surface area contributed by atoms with Gasteiger partial charge in [0.2, 0.25) is 0 Å². The highest BCUT2D eigenvalue weighted by molar-refractivity contribution is 7.92. The number of esters is 1. The fourth-order valence-corrected chi connectivity index (χ4v) is 4.44. The van der Waals surface area contributed by atoms with Gasteiger partial charge in [-0.3, -0.25) is 4.31 Å². The van der Waals surface area contributed by atoms with Gasteiger partial charge in [0.25, 0.3) is 10.0 Å². The number of benzene rings is 1. The number of anilines is 2. The molecule has 0 saturated carbocycles. The molecule has 1 unspecified atom stereocenters. The number of rotatable bonds is 10. The Morgan fingerprint density at radius 1 is 1.29 bits per heavy atom. The second-order valence-corrected chi connectivity index (χ2v) is 8.88. The van der Waals surface area contributed by atoms with Crippen molar-refractivity contribution >= 4 is 27.4 Å². The number of sulfonamides is 1.